The van der Waals surface area contributed by atoms with Crippen LogP contribution in [0.2, 0.25) is 0 Å². The van der Waals surface area contributed by atoms with E-state index in [2.05, 4.69) is 22.9 Å². The zero-order valence-corrected chi connectivity index (χ0v) is 15.2. The van der Waals surface area contributed by atoms with Crippen LogP contribution in [0, 0.1) is 0 Å². The van der Waals surface area contributed by atoms with Crippen molar-refractivity contribution in [1.29, 1.82) is 0 Å². The van der Waals surface area contributed by atoms with Gasteiger partial charge in [0.2, 0.25) is 5.91 Å². The van der Waals surface area contributed by atoms with Gasteiger partial charge in [-0.25, -0.2) is 0 Å². The summed E-state index contributed by atoms with van der Waals surface area (Å²) in [5.41, 5.74) is 2.06. The fraction of sp³-hybridized carbons (Fsp3) is 0.300. The molecule has 2 rings (SSSR count). The molecule has 3 N–H and O–H groups in total. The molecule has 0 radical (unpaired) electrons. The van der Waals surface area contributed by atoms with Gasteiger partial charge in [0.05, 0.1) is 13.7 Å². The van der Waals surface area contributed by atoms with Crippen LogP contribution in [0.4, 0.5) is 11.4 Å². The topological polar surface area (TPSA) is 79.5 Å². The minimum absolute atomic E-state index is 0.0995. The summed E-state index contributed by atoms with van der Waals surface area (Å²) < 4.78 is 5.09. The summed E-state index contributed by atoms with van der Waals surface area (Å²) in [6, 6.07) is 14.2. The predicted molar refractivity (Wildman–Crippen MR) is 104 cm³/mol. The number of carbonyl (C=O) groups is 2. The minimum Gasteiger partial charge on any atom is -0.497 e. The number of anilines is 2. The van der Waals surface area contributed by atoms with Gasteiger partial charge in [0.15, 0.2) is 0 Å². The van der Waals surface area contributed by atoms with Gasteiger partial charge < -0.3 is 20.7 Å². The van der Waals surface area contributed by atoms with E-state index in [1.54, 1.807) is 31.4 Å². The summed E-state index contributed by atoms with van der Waals surface area (Å²) in [7, 11) is 1.61. The quantitative estimate of drug-likeness (QED) is 0.603. The fourth-order valence-corrected chi connectivity index (χ4v) is 2.28. The summed E-state index contributed by atoms with van der Waals surface area (Å²) in [5.74, 6) is 0.497. The van der Waals surface area contributed by atoms with Crippen molar-refractivity contribution in [2.45, 2.75) is 19.8 Å². The highest BCUT2D eigenvalue weighted by molar-refractivity contribution is 5.96. The van der Waals surface area contributed by atoms with E-state index < -0.39 is 0 Å². The Morgan fingerprint density at radius 2 is 1.62 bits per heavy atom. The average molecular weight is 355 g/mol. The normalized spacial score (nSPS) is 10.1. The molecular weight excluding hydrogens is 330 g/mol. The molecule has 0 bridgehead atoms. The number of nitrogens with one attached hydrogen (secondary N) is 3. The van der Waals surface area contributed by atoms with Gasteiger partial charge in [0, 0.05) is 23.5 Å². The van der Waals surface area contributed by atoms with Crippen LogP contribution < -0.4 is 20.7 Å². The van der Waals surface area contributed by atoms with Gasteiger partial charge >= 0.3 is 0 Å². The molecule has 0 fully saturated rings. The van der Waals surface area contributed by atoms with Gasteiger partial charge in [-0.1, -0.05) is 13.3 Å². The second-order valence-electron chi connectivity index (χ2n) is 5.82. The molecule has 0 saturated heterocycles. The molecule has 0 atom stereocenters. The highest BCUT2D eigenvalue weighted by Crippen LogP contribution is 2.15. The predicted octanol–water partition coefficient (Wildman–Crippen LogP) is 3.28. The van der Waals surface area contributed by atoms with Crippen LogP contribution >= 0.6 is 0 Å². The first kappa shape index (κ1) is 19.3. The molecule has 0 unspecified atom stereocenters. The molecule has 0 saturated carbocycles. The molecular formula is C20H25N3O3. The van der Waals surface area contributed by atoms with Crippen molar-refractivity contribution >= 4 is 23.2 Å². The van der Waals surface area contributed by atoms with E-state index in [9.17, 15) is 9.59 Å². The zero-order chi connectivity index (χ0) is 18.8. The molecule has 26 heavy (non-hydrogen) atoms. The molecule has 6 heteroatoms. The molecule has 6 nitrogen and oxygen atoms in total. The van der Waals surface area contributed by atoms with Crippen LogP contribution in [-0.2, 0) is 4.79 Å². The average Bonchev–Trinajstić information content (AvgIpc) is 2.67. The Hall–Kier alpha value is -3.02. The monoisotopic (exact) mass is 355 g/mol. The Kier molecular flexibility index (Phi) is 7.49. The van der Waals surface area contributed by atoms with Crippen LogP contribution in [0.25, 0.3) is 0 Å². The van der Waals surface area contributed by atoms with Crippen LogP contribution in [0.1, 0.15) is 30.1 Å². The number of unbranched alkanes of at least 4 members (excludes halogenated alkanes) is 1. The highest BCUT2D eigenvalue weighted by atomic mass is 16.5. The van der Waals surface area contributed by atoms with E-state index in [0.29, 0.717) is 17.8 Å². The summed E-state index contributed by atoms with van der Waals surface area (Å²) in [6.45, 7) is 2.89. The molecule has 2 amide bonds. The van der Waals surface area contributed by atoms with Crippen LogP contribution in [0.3, 0.4) is 0 Å². The van der Waals surface area contributed by atoms with Gasteiger partial charge in [-0.15, -0.1) is 0 Å². The van der Waals surface area contributed by atoms with Crippen LogP contribution in [0.15, 0.2) is 48.5 Å². The molecule has 0 aromatic heterocycles. The largest absolute Gasteiger partial charge is 0.497 e. The first-order valence-electron chi connectivity index (χ1n) is 8.68. The maximum absolute atomic E-state index is 12.0. The lowest BCUT2D eigenvalue weighted by Gasteiger charge is -2.09. The lowest BCUT2D eigenvalue weighted by atomic mass is 10.2. The van der Waals surface area contributed by atoms with Gasteiger partial charge in [0.1, 0.15) is 5.75 Å². The molecule has 0 spiro atoms. The first-order valence-corrected chi connectivity index (χ1v) is 8.68. The van der Waals surface area contributed by atoms with Crippen molar-refractivity contribution in [3.05, 3.63) is 54.1 Å². The SMILES string of the molecule is CCCCNC(=O)c1ccc(NC(=O)CNc2ccc(OC)cc2)cc1. The summed E-state index contributed by atoms with van der Waals surface area (Å²) in [4.78, 5) is 24.0. The number of hydrogen-bond acceptors (Lipinski definition) is 4. The zero-order valence-electron chi connectivity index (χ0n) is 15.2. The number of hydrogen-bond donors (Lipinski definition) is 3. The molecule has 2 aromatic rings. The van der Waals surface area contributed by atoms with Gasteiger partial charge in [0.25, 0.3) is 5.91 Å². The minimum atomic E-state index is -0.166. The van der Waals surface area contributed by atoms with E-state index in [-0.39, 0.29) is 18.4 Å². The third kappa shape index (κ3) is 6.12. The Morgan fingerprint density at radius 1 is 0.962 bits per heavy atom. The number of benzene rings is 2. The Labute approximate surface area is 153 Å². The summed E-state index contributed by atoms with van der Waals surface area (Å²) in [6.07, 6.45) is 2.00. The Bertz CT molecular complexity index is 712. The third-order valence-corrected chi connectivity index (χ3v) is 3.79. The van der Waals surface area contributed by atoms with E-state index in [0.717, 1.165) is 24.3 Å². The molecule has 0 aliphatic carbocycles. The van der Waals surface area contributed by atoms with Crippen LogP contribution in [-0.4, -0.2) is 32.0 Å². The molecule has 0 aliphatic rings. The van der Waals surface area contributed by atoms with Crippen molar-refractivity contribution in [3.8, 4) is 5.75 Å². The molecule has 0 aliphatic heterocycles. The van der Waals surface area contributed by atoms with Crippen molar-refractivity contribution in [2.75, 3.05) is 30.8 Å². The van der Waals surface area contributed by atoms with E-state index in [1.807, 2.05) is 24.3 Å². The number of amides is 2. The van der Waals surface area contributed by atoms with Gasteiger partial charge in [-0.2, -0.15) is 0 Å². The second kappa shape index (κ2) is 10.1. The summed E-state index contributed by atoms with van der Waals surface area (Å²) >= 11 is 0. The first-order chi connectivity index (χ1) is 12.6. The highest BCUT2D eigenvalue weighted by Gasteiger charge is 2.06. The second-order valence-corrected chi connectivity index (χ2v) is 5.82. The van der Waals surface area contributed by atoms with Gasteiger partial charge in [-0.3, -0.25) is 9.59 Å². The maximum Gasteiger partial charge on any atom is 0.251 e. The van der Waals surface area contributed by atoms with Gasteiger partial charge in [-0.05, 0) is 55.0 Å². The molecule has 138 valence electrons. The Morgan fingerprint density at radius 3 is 2.23 bits per heavy atom. The van der Waals surface area contributed by atoms with E-state index in [4.69, 9.17) is 4.74 Å². The fourth-order valence-electron chi connectivity index (χ4n) is 2.28. The molecule has 0 heterocycles. The standard InChI is InChI=1S/C20H25N3O3/c1-3-4-13-21-20(25)15-5-7-17(8-6-15)23-19(24)14-22-16-9-11-18(26-2)12-10-16/h5-12,22H,3-4,13-14H2,1-2H3,(H,21,25)(H,23,24). The van der Waals surface area contributed by atoms with Crippen LogP contribution in [0.5, 0.6) is 5.75 Å². The number of rotatable bonds is 9. The third-order valence-electron chi connectivity index (χ3n) is 3.79. The summed E-state index contributed by atoms with van der Waals surface area (Å²) in [5, 5.41) is 8.70. The smallest absolute Gasteiger partial charge is 0.251 e. The molecule has 2 aromatic carbocycles. The lowest BCUT2D eigenvalue weighted by Crippen LogP contribution is -2.24. The van der Waals surface area contributed by atoms with Crippen molar-refractivity contribution in [3.63, 3.8) is 0 Å². The maximum atomic E-state index is 12.0. The van der Waals surface area contributed by atoms with Crippen molar-refractivity contribution in [1.82, 2.24) is 5.32 Å². The number of ether oxygens (including phenoxy) is 1. The van der Waals surface area contributed by atoms with Crippen molar-refractivity contribution in [2.24, 2.45) is 0 Å². The van der Waals surface area contributed by atoms with E-state index in [1.165, 1.54) is 0 Å². The number of methoxy groups -OCH3 is 1. The number of carbonyl (C=O) groups excluding carboxylic acids is 2. The lowest BCUT2D eigenvalue weighted by molar-refractivity contribution is -0.114. The Balaban J connectivity index is 1.80. The van der Waals surface area contributed by atoms with E-state index >= 15 is 0 Å². The van der Waals surface area contributed by atoms with Crippen molar-refractivity contribution < 1.29 is 14.3 Å².